The van der Waals surface area contributed by atoms with Crippen LogP contribution in [0.5, 0.6) is 0 Å². The smallest absolute Gasteiger partial charge is 0.350 e. The molecule has 11 nitrogen and oxygen atoms in total. The van der Waals surface area contributed by atoms with Crippen molar-refractivity contribution in [3.63, 3.8) is 0 Å². The van der Waals surface area contributed by atoms with Gasteiger partial charge in [0.05, 0.1) is 12.0 Å². The topological polar surface area (TPSA) is 159 Å². The van der Waals surface area contributed by atoms with Crippen LogP contribution in [0.3, 0.4) is 0 Å². The molecule has 4 atom stereocenters. The Morgan fingerprint density at radius 3 is 2.68 bits per heavy atom. The Morgan fingerprint density at radius 2 is 2.00 bits per heavy atom. The lowest BCUT2D eigenvalue weighted by Crippen LogP contribution is -2.33. The van der Waals surface area contributed by atoms with E-state index in [1.165, 1.54) is 12.8 Å². The Balaban J connectivity index is 1.63. The summed E-state index contributed by atoms with van der Waals surface area (Å²) in [5.74, 6) is 7.23. The quantitative estimate of drug-likeness (QED) is 0.282. The fourth-order valence-corrected chi connectivity index (χ4v) is 4.60. The number of rotatable bonds is 7. The number of aromatic nitrogens is 3. The van der Waals surface area contributed by atoms with Crippen molar-refractivity contribution in [3.8, 4) is 11.8 Å². The largest absolute Gasteiger partial charge is 0.387 e. The number of fused-ring (bicyclic) bond motifs is 1. The second-order valence-electron chi connectivity index (χ2n) is 9.12. The van der Waals surface area contributed by atoms with Gasteiger partial charge >= 0.3 is 7.60 Å². The Kier molecular flexibility index (Phi) is 7.60. The van der Waals surface area contributed by atoms with E-state index in [4.69, 9.17) is 19.3 Å². The summed E-state index contributed by atoms with van der Waals surface area (Å²) in [6, 6.07) is 2.14. The van der Waals surface area contributed by atoms with Crippen molar-refractivity contribution in [3.05, 3.63) is 18.1 Å². The van der Waals surface area contributed by atoms with Crippen molar-refractivity contribution in [2.24, 2.45) is 5.92 Å². The molecule has 12 heteroatoms. The van der Waals surface area contributed by atoms with Crippen LogP contribution < -0.4 is 5.32 Å². The molecule has 0 unspecified atom stereocenters. The van der Waals surface area contributed by atoms with E-state index in [9.17, 15) is 14.8 Å². The van der Waals surface area contributed by atoms with E-state index in [1.54, 1.807) is 10.8 Å². The number of nitrogens with zero attached hydrogens (tertiary/aromatic N) is 3. The van der Waals surface area contributed by atoms with Gasteiger partial charge in [-0.05, 0) is 24.8 Å². The van der Waals surface area contributed by atoms with E-state index >= 15 is 0 Å². The minimum Gasteiger partial charge on any atom is -0.387 e. The highest BCUT2D eigenvalue weighted by molar-refractivity contribution is 7.51. The average molecular weight is 494 g/mol. The molecule has 2 fully saturated rings. The second-order valence-corrected chi connectivity index (χ2v) is 10.7. The van der Waals surface area contributed by atoms with Crippen molar-refractivity contribution >= 4 is 24.4 Å². The van der Waals surface area contributed by atoms with Gasteiger partial charge in [0.1, 0.15) is 36.1 Å². The Labute approximate surface area is 197 Å². The molecule has 5 N–H and O–H groups in total. The maximum atomic E-state index is 11.0. The molecule has 1 aliphatic carbocycles. The molecule has 2 aromatic rings. The van der Waals surface area contributed by atoms with E-state index in [2.05, 4.69) is 27.1 Å². The van der Waals surface area contributed by atoms with Crippen molar-refractivity contribution < 1.29 is 34.0 Å². The van der Waals surface area contributed by atoms with Crippen molar-refractivity contribution in [2.45, 2.75) is 70.1 Å². The van der Waals surface area contributed by atoms with Crippen molar-refractivity contribution in [1.29, 1.82) is 0 Å². The highest BCUT2D eigenvalue weighted by atomic mass is 31.2. The Morgan fingerprint density at radius 1 is 1.26 bits per heavy atom. The molecule has 0 aromatic carbocycles. The second kappa shape index (κ2) is 10.3. The third kappa shape index (κ3) is 5.78. The monoisotopic (exact) mass is 494 g/mol. The van der Waals surface area contributed by atoms with Crippen LogP contribution in [0.25, 0.3) is 11.0 Å². The van der Waals surface area contributed by atoms with E-state index in [0.717, 1.165) is 18.2 Å². The number of hydrogen-bond donors (Lipinski definition) is 5. The molecular formula is C22H31N4O7P. The highest BCUT2D eigenvalue weighted by Gasteiger charge is 2.44. The Hall–Kier alpha value is -2.03. The molecule has 4 rings (SSSR count). The molecule has 1 aliphatic heterocycles. The van der Waals surface area contributed by atoms with Gasteiger partial charge in [-0.1, -0.05) is 32.6 Å². The van der Waals surface area contributed by atoms with Crippen LogP contribution in [0, 0.1) is 17.8 Å². The number of aliphatic hydroxyl groups excluding tert-OH is 2. The summed E-state index contributed by atoms with van der Waals surface area (Å²) >= 11 is 0. The number of hydrogen-bond acceptors (Lipinski definition) is 8. The van der Waals surface area contributed by atoms with Gasteiger partial charge in [-0.3, -0.25) is 4.57 Å². The summed E-state index contributed by atoms with van der Waals surface area (Å²) in [6.45, 7) is 3.67. The first kappa shape index (κ1) is 25.1. The van der Waals surface area contributed by atoms with Gasteiger partial charge in [-0.25, -0.2) is 9.97 Å². The maximum Gasteiger partial charge on any atom is 0.350 e. The van der Waals surface area contributed by atoms with Crippen LogP contribution in [0.1, 0.15) is 51.6 Å². The third-order valence-corrected chi connectivity index (χ3v) is 6.41. The standard InChI is InChI=1S/C22H31N4O7P/c1-13(2)7-8-17-24-20(23-14-5-3-4-6-14)15-9-10-26(21(15)25-17)22-19(28)18(27)16(33-22)11-32-12-34(29,30)31/h9-10,13-14,16,18-19,22,27-28H,3-6,11-12H2,1-2H3,(H,23,24,25)(H2,29,30,31)/t16-,18-,19-,22-/m1/s1. The molecule has 186 valence electrons. The summed E-state index contributed by atoms with van der Waals surface area (Å²) in [6.07, 6.45) is 0.808. The minimum atomic E-state index is -4.36. The lowest BCUT2D eigenvalue weighted by molar-refractivity contribution is -0.0610. The number of aliphatic hydroxyl groups is 2. The molecule has 34 heavy (non-hydrogen) atoms. The first-order valence-corrected chi connectivity index (χ1v) is 13.2. The normalized spacial score (nSPS) is 25.7. The van der Waals surface area contributed by atoms with Gasteiger partial charge < -0.3 is 39.4 Å². The average Bonchev–Trinajstić information content (AvgIpc) is 3.48. The van der Waals surface area contributed by atoms with Gasteiger partial charge in [0.2, 0.25) is 5.82 Å². The summed E-state index contributed by atoms with van der Waals surface area (Å²) in [5.41, 5.74) is 0.497. The van der Waals surface area contributed by atoms with Crippen LogP contribution in [-0.2, 0) is 14.0 Å². The molecule has 0 amide bonds. The van der Waals surface area contributed by atoms with E-state index in [0.29, 0.717) is 23.3 Å². The zero-order chi connectivity index (χ0) is 24.5. The van der Waals surface area contributed by atoms with Gasteiger partial charge in [0, 0.05) is 18.2 Å². The Bertz CT molecular complexity index is 1120. The third-order valence-electron chi connectivity index (χ3n) is 5.89. The van der Waals surface area contributed by atoms with Crippen LogP contribution in [0.4, 0.5) is 5.82 Å². The summed E-state index contributed by atoms with van der Waals surface area (Å²) in [5, 5.41) is 25.4. The van der Waals surface area contributed by atoms with E-state index in [-0.39, 0.29) is 12.5 Å². The molecule has 3 heterocycles. The predicted octanol–water partition coefficient (Wildman–Crippen LogP) is 1.56. The van der Waals surface area contributed by atoms with Crippen LogP contribution in [0.2, 0.25) is 0 Å². The van der Waals surface area contributed by atoms with Crippen LogP contribution in [0.15, 0.2) is 12.3 Å². The summed E-state index contributed by atoms with van der Waals surface area (Å²) in [4.78, 5) is 27.2. The van der Waals surface area contributed by atoms with Crippen molar-refractivity contribution in [2.75, 3.05) is 18.3 Å². The molecule has 2 aliphatic rings. The van der Waals surface area contributed by atoms with E-state index in [1.807, 2.05) is 19.9 Å². The highest BCUT2D eigenvalue weighted by Crippen LogP contribution is 2.36. The van der Waals surface area contributed by atoms with E-state index < -0.39 is 38.5 Å². The van der Waals surface area contributed by atoms with Gasteiger partial charge in [-0.2, -0.15) is 0 Å². The molecule has 1 saturated heterocycles. The first-order chi connectivity index (χ1) is 16.1. The van der Waals surface area contributed by atoms with Gasteiger partial charge in [0.15, 0.2) is 6.23 Å². The molecule has 0 bridgehead atoms. The molecule has 0 radical (unpaired) electrons. The van der Waals surface area contributed by atoms with Crippen LogP contribution in [-0.4, -0.2) is 71.8 Å². The van der Waals surface area contributed by atoms with Crippen LogP contribution >= 0.6 is 7.60 Å². The molecular weight excluding hydrogens is 463 g/mol. The zero-order valence-corrected chi connectivity index (χ0v) is 20.1. The minimum absolute atomic E-state index is 0.140. The fraction of sp³-hybridized carbons (Fsp3) is 0.636. The fourth-order valence-electron chi connectivity index (χ4n) is 4.26. The van der Waals surface area contributed by atoms with Gasteiger partial charge in [0.25, 0.3) is 0 Å². The number of ether oxygens (including phenoxy) is 2. The predicted molar refractivity (Wildman–Crippen MR) is 124 cm³/mol. The zero-order valence-electron chi connectivity index (χ0n) is 19.2. The molecule has 2 aromatic heterocycles. The number of nitrogens with one attached hydrogen (secondary N) is 1. The maximum absolute atomic E-state index is 11.0. The molecule has 1 saturated carbocycles. The first-order valence-electron chi connectivity index (χ1n) is 11.4. The van der Waals surface area contributed by atoms with Gasteiger partial charge in [-0.15, -0.1) is 0 Å². The summed E-state index contributed by atoms with van der Waals surface area (Å²) < 4.78 is 23.5. The lowest BCUT2D eigenvalue weighted by Gasteiger charge is -2.18. The lowest BCUT2D eigenvalue weighted by atomic mass is 10.1. The van der Waals surface area contributed by atoms with Crippen molar-refractivity contribution in [1.82, 2.24) is 14.5 Å². The molecule has 0 spiro atoms. The summed E-state index contributed by atoms with van der Waals surface area (Å²) in [7, 11) is -4.36. The SMILES string of the molecule is CC(C)C#Cc1nc(NC2CCCC2)c2ccn([C@@H]3O[C@H](COCP(=O)(O)O)[C@@H](O)[C@H]3O)c2n1. The number of anilines is 1.